The summed E-state index contributed by atoms with van der Waals surface area (Å²) in [7, 11) is 0. The van der Waals surface area contributed by atoms with Gasteiger partial charge in [0.15, 0.2) is 0 Å². The van der Waals surface area contributed by atoms with Crippen LogP contribution in [0.4, 0.5) is 0 Å². The van der Waals surface area contributed by atoms with Crippen LogP contribution in [0.2, 0.25) is 0 Å². The molecule has 94 valence electrons. The van der Waals surface area contributed by atoms with Crippen LogP contribution < -0.4 is 10.1 Å². The van der Waals surface area contributed by atoms with E-state index < -0.39 is 0 Å². The molecule has 1 saturated carbocycles. The minimum Gasteiger partial charge on any atom is -0.493 e. The van der Waals surface area contributed by atoms with E-state index in [0.29, 0.717) is 6.04 Å². The van der Waals surface area contributed by atoms with Crippen LogP contribution in [0.5, 0.6) is 5.75 Å². The van der Waals surface area contributed by atoms with Crippen LogP contribution in [0.3, 0.4) is 0 Å². The fraction of sp³-hybridized carbons (Fsp3) is 0.600. The largest absolute Gasteiger partial charge is 0.493 e. The van der Waals surface area contributed by atoms with Crippen molar-refractivity contribution in [3.8, 4) is 5.75 Å². The van der Waals surface area contributed by atoms with Crippen molar-refractivity contribution in [3.05, 3.63) is 29.8 Å². The molecule has 2 nitrogen and oxygen atoms in total. The van der Waals surface area contributed by atoms with Crippen LogP contribution in [0.1, 0.15) is 44.7 Å². The molecule has 2 rings (SSSR count). The Morgan fingerprint density at radius 3 is 2.94 bits per heavy atom. The van der Waals surface area contributed by atoms with E-state index in [1.807, 2.05) is 0 Å². The second-order valence-electron chi connectivity index (χ2n) is 5.00. The third-order valence-electron chi connectivity index (χ3n) is 3.24. The molecule has 0 radical (unpaired) electrons. The van der Waals surface area contributed by atoms with E-state index >= 15 is 0 Å². The molecular weight excluding hydrogens is 210 g/mol. The highest BCUT2D eigenvalue weighted by Gasteiger charge is 2.21. The lowest BCUT2D eigenvalue weighted by molar-refractivity contribution is 0.299. The summed E-state index contributed by atoms with van der Waals surface area (Å²) in [6, 6.07) is 8.87. The number of hydrogen-bond acceptors (Lipinski definition) is 2. The molecule has 1 aromatic rings. The maximum atomic E-state index is 5.80. The summed E-state index contributed by atoms with van der Waals surface area (Å²) in [6.45, 7) is 6.35. The summed E-state index contributed by atoms with van der Waals surface area (Å²) in [6.07, 6.45) is 3.85. The first-order valence-corrected chi connectivity index (χ1v) is 6.75. The Hall–Kier alpha value is -1.02. The molecule has 1 atom stereocenters. The average molecular weight is 233 g/mol. The van der Waals surface area contributed by atoms with Crippen molar-refractivity contribution in [2.24, 2.45) is 5.92 Å². The van der Waals surface area contributed by atoms with Gasteiger partial charge in [-0.25, -0.2) is 0 Å². The molecule has 1 aliphatic rings. The minimum atomic E-state index is 0.402. The Morgan fingerprint density at radius 2 is 2.24 bits per heavy atom. The van der Waals surface area contributed by atoms with Crippen molar-refractivity contribution in [3.63, 3.8) is 0 Å². The molecule has 0 amide bonds. The molecule has 0 bridgehead atoms. The molecule has 0 saturated heterocycles. The van der Waals surface area contributed by atoms with Gasteiger partial charge in [-0.2, -0.15) is 0 Å². The van der Waals surface area contributed by atoms with Gasteiger partial charge in [-0.1, -0.05) is 19.1 Å². The minimum absolute atomic E-state index is 0.402. The second-order valence-corrected chi connectivity index (χ2v) is 5.00. The topological polar surface area (TPSA) is 21.3 Å². The summed E-state index contributed by atoms with van der Waals surface area (Å²) < 4.78 is 5.80. The SMILES string of the molecule is CCCNC(C)c1cccc(OCC2CC2)c1. The van der Waals surface area contributed by atoms with Crippen LogP contribution in [0, 0.1) is 5.92 Å². The van der Waals surface area contributed by atoms with E-state index in [-0.39, 0.29) is 0 Å². The number of rotatable bonds is 7. The molecule has 0 aliphatic heterocycles. The highest BCUT2D eigenvalue weighted by molar-refractivity contribution is 5.30. The summed E-state index contributed by atoms with van der Waals surface area (Å²) in [5, 5.41) is 3.50. The van der Waals surface area contributed by atoms with E-state index in [1.54, 1.807) is 0 Å². The summed E-state index contributed by atoms with van der Waals surface area (Å²) in [5.41, 5.74) is 1.31. The van der Waals surface area contributed by atoms with Crippen LogP contribution in [0.15, 0.2) is 24.3 Å². The lowest BCUT2D eigenvalue weighted by Gasteiger charge is -2.15. The first kappa shape index (κ1) is 12.4. The van der Waals surface area contributed by atoms with Gasteiger partial charge in [0, 0.05) is 6.04 Å². The zero-order chi connectivity index (χ0) is 12.1. The van der Waals surface area contributed by atoms with Gasteiger partial charge in [-0.3, -0.25) is 0 Å². The summed E-state index contributed by atoms with van der Waals surface area (Å²) in [4.78, 5) is 0. The maximum absolute atomic E-state index is 5.80. The van der Waals surface area contributed by atoms with Gasteiger partial charge < -0.3 is 10.1 Å². The fourth-order valence-corrected chi connectivity index (χ4v) is 1.85. The second kappa shape index (κ2) is 6.06. The number of benzene rings is 1. The lowest BCUT2D eigenvalue weighted by atomic mass is 10.1. The normalized spacial score (nSPS) is 16.8. The molecule has 0 spiro atoms. The van der Waals surface area contributed by atoms with Crippen molar-refractivity contribution in [2.45, 2.75) is 39.2 Å². The standard InChI is InChI=1S/C15H23NO/c1-3-9-16-12(2)14-5-4-6-15(10-14)17-11-13-7-8-13/h4-6,10,12-13,16H,3,7-9,11H2,1-2H3. The molecule has 0 aromatic heterocycles. The van der Waals surface area contributed by atoms with Gasteiger partial charge in [-0.05, 0) is 56.3 Å². The first-order valence-electron chi connectivity index (χ1n) is 6.75. The summed E-state index contributed by atoms with van der Waals surface area (Å²) >= 11 is 0. The number of hydrogen-bond donors (Lipinski definition) is 1. The quantitative estimate of drug-likeness (QED) is 0.778. The molecular formula is C15H23NO. The van der Waals surface area contributed by atoms with E-state index in [1.165, 1.54) is 24.8 Å². The van der Waals surface area contributed by atoms with Crippen molar-refractivity contribution >= 4 is 0 Å². The zero-order valence-corrected chi connectivity index (χ0v) is 10.9. The fourth-order valence-electron chi connectivity index (χ4n) is 1.85. The Kier molecular flexibility index (Phi) is 4.43. The monoisotopic (exact) mass is 233 g/mol. The Labute approximate surface area is 104 Å². The van der Waals surface area contributed by atoms with Gasteiger partial charge >= 0.3 is 0 Å². The Balaban J connectivity index is 1.89. The Bertz CT molecular complexity index is 347. The predicted octanol–water partition coefficient (Wildman–Crippen LogP) is 3.54. The number of ether oxygens (including phenoxy) is 1. The molecule has 1 aliphatic carbocycles. The van der Waals surface area contributed by atoms with Gasteiger partial charge in [-0.15, -0.1) is 0 Å². The van der Waals surface area contributed by atoms with E-state index in [4.69, 9.17) is 4.74 Å². The molecule has 17 heavy (non-hydrogen) atoms. The first-order chi connectivity index (χ1) is 8.29. The van der Waals surface area contributed by atoms with E-state index in [0.717, 1.165) is 24.8 Å². The third kappa shape index (κ3) is 4.04. The average Bonchev–Trinajstić information content (AvgIpc) is 3.18. The highest BCUT2D eigenvalue weighted by Crippen LogP contribution is 2.30. The van der Waals surface area contributed by atoms with Crippen molar-refractivity contribution in [1.29, 1.82) is 0 Å². The molecule has 2 heteroatoms. The van der Waals surface area contributed by atoms with Crippen LogP contribution in [-0.4, -0.2) is 13.2 Å². The van der Waals surface area contributed by atoms with Gasteiger partial charge in [0.2, 0.25) is 0 Å². The van der Waals surface area contributed by atoms with E-state index in [9.17, 15) is 0 Å². The maximum Gasteiger partial charge on any atom is 0.119 e. The lowest BCUT2D eigenvalue weighted by Crippen LogP contribution is -2.19. The predicted molar refractivity (Wildman–Crippen MR) is 71.4 cm³/mol. The molecule has 0 heterocycles. The molecule has 1 N–H and O–H groups in total. The Morgan fingerprint density at radius 1 is 1.41 bits per heavy atom. The molecule has 1 aromatic carbocycles. The zero-order valence-electron chi connectivity index (χ0n) is 10.9. The molecule has 1 unspecified atom stereocenters. The van der Waals surface area contributed by atoms with Crippen LogP contribution in [-0.2, 0) is 0 Å². The third-order valence-corrected chi connectivity index (χ3v) is 3.24. The molecule has 1 fully saturated rings. The smallest absolute Gasteiger partial charge is 0.119 e. The van der Waals surface area contributed by atoms with E-state index in [2.05, 4.69) is 43.4 Å². The highest BCUT2D eigenvalue weighted by atomic mass is 16.5. The number of nitrogens with one attached hydrogen (secondary N) is 1. The van der Waals surface area contributed by atoms with Crippen molar-refractivity contribution in [1.82, 2.24) is 5.32 Å². The van der Waals surface area contributed by atoms with Crippen LogP contribution in [0.25, 0.3) is 0 Å². The van der Waals surface area contributed by atoms with Gasteiger partial charge in [0.1, 0.15) is 5.75 Å². The van der Waals surface area contributed by atoms with Gasteiger partial charge in [0.05, 0.1) is 6.61 Å². The van der Waals surface area contributed by atoms with Crippen molar-refractivity contribution < 1.29 is 4.74 Å². The van der Waals surface area contributed by atoms with Gasteiger partial charge in [0.25, 0.3) is 0 Å². The van der Waals surface area contributed by atoms with Crippen LogP contribution >= 0.6 is 0 Å². The summed E-state index contributed by atoms with van der Waals surface area (Å²) in [5.74, 6) is 1.83. The van der Waals surface area contributed by atoms with Crippen molar-refractivity contribution in [2.75, 3.05) is 13.2 Å².